The van der Waals surface area contributed by atoms with E-state index in [4.69, 9.17) is 4.74 Å². The summed E-state index contributed by atoms with van der Waals surface area (Å²) in [5.74, 6) is 1.07. The van der Waals surface area contributed by atoms with Crippen LogP contribution in [0.3, 0.4) is 0 Å². The zero-order valence-corrected chi connectivity index (χ0v) is 10.8. The number of carbonyl (C=O) groups is 1. The van der Waals surface area contributed by atoms with E-state index < -0.39 is 0 Å². The monoisotopic (exact) mass is 246 g/mol. The summed E-state index contributed by atoms with van der Waals surface area (Å²) < 4.78 is 5.27. The maximum Gasteiger partial charge on any atom is 0.244 e. The normalized spacial score (nSPS) is 23.6. The van der Waals surface area contributed by atoms with Gasteiger partial charge in [0.2, 0.25) is 5.91 Å². The van der Waals surface area contributed by atoms with Gasteiger partial charge in [0.05, 0.1) is 13.2 Å². The first-order chi connectivity index (χ1) is 8.70. The van der Waals surface area contributed by atoms with Crippen LogP contribution in [0, 0.1) is 0 Å². The first-order valence-electron chi connectivity index (χ1n) is 6.39. The molecule has 1 amide bonds. The second kappa shape index (κ2) is 4.28. The molecule has 0 radical (unpaired) electrons. The number of benzene rings is 1. The molecule has 4 nitrogen and oxygen atoms in total. The highest BCUT2D eigenvalue weighted by molar-refractivity contribution is 5.98. The number of ether oxygens (including phenoxy) is 1. The number of nitrogens with zero attached hydrogens (tertiary/aromatic N) is 2. The van der Waals surface area contributed by atoms with Gasteiger partial charge in [-0.15, -0.1) is 0 Å². The molecule has 4 heteroatoms. The molecular formula is C14H18N2O2. The van der Waals surface area contributed by atoms with Crippen molar-refractivity contribution in [3.8, 4) is 5.75 Å². The van der Waals surface area contributed by atoms with Crippen LogP contribution in [-0.4, -0.2) is 37.6 Å². The number of carbonyl (C=O) groups excluding carboxylic acids is 1. The van der Waals surface area contributed by atoms with Crippen LogP contribution < -0.4 is 9.64 Å². The van der Waals surface area contributed by atoms with Crippen molar-refractivity contribution in [1.82, 2.24) is 4.90 Å². The van der Waals surface area contributed by atoms with Gasteiger partial charge in [0, 0.05) is 19.3 Å². The third-order valence-corrected chi connectivity index (χ3v) is 4.00. The Morgan fingerprint density at radius 2 is 2.22 bits per heavy atom. The Balaban J connectivity index is 2.05. The fourth-order valence-corrected chi connectivity index (χ4v) is 3.00. The Bertz CT molecular complexity index is 487. The standard InChI is InChI=1S/C14H18N2O2/c1-15-12-6-5-11(18-2)8-10(12)9-16-7-3-4-13(16)14(15)17/h5-6,8,13H,3-4,7,9H2,1-2H3. The number of anilines is 1. The molecule has 3 rings (SSSR count). The molecule has 1 fully saturated rings. The van der Waals surface area contributed by atoms with Crippen molar-refractivity contribution in [2.24, 2.45) is 0 Å². The molecule has 1 aromatic rings. The number of likely N-dealkylation sites (N-methyl/N-ethyl adjacent to an activating group) is 1. The van der Waals surface area contributed by atoms with Gasteiger partial charge in [-0.05, 0) is 43.1 Å². The van der Waals surface area contributed by atoms with Crippen LogP contribution in [0.2, 0.25) is 0 Å². The molecule has 2 aliphatic heterocycles. The van der Waals surface area contributed by atoms with Crippen LogP contribution in [0.15, 0.2) is 18.2 Å². The van der Waals surface area contributed by atoms with Crippen molar-refractivity contribution < 1.29 is 9.53 Å². The minimum atomic E-state index is 0.0633. The summed E-state index contributed by atoms with van der Waals surface area (Å²) in [7, 11) is 3.54. The number of rotatable bonds is 1. The van der Waals surface area contributed by atoms with E-state index in [0.29, 0.717) is 0 Å². The van der Waals surface area contributed by atoms with E-state index in [0.717, 1.165) is 37.4 Å². The predicted molar refractivity (Wildman–Crippen MR) is 69.8 cm³/mol. The number of methoxy groups -OCH3 is 1. The van der Waals surface area contributed by atoms with Gasteiger partial charge in [0.1, 0.15) is 5.75 Å². The first-order valence-corrected chi connectivity index (χ1v) is 6.39. The maximum atomic E-state index is 12.4. The second-order valence-electron chi connectivity index (χ2n) is 5.02. The third kappa shape index (κ3) is 1.68. The lowest BCUT2D eigenvalue weighted by molar-refractivity contribution is -0.122. The van der Waals surface area contributed by atoms with Crippen LogP contribution in [0.1, 0.15) is 18.4 Å². The quantitative estimate of drug-likeness (QED) is 0.755. The SMILES string of the molecule is COc1ccc2c(c1)CN1CCCC1C(=O)N2C. The molecule has 0 saturated carbocycles. The Morgan fingerprint density at radius 3 is 3.00 bits per heavy atom. The predicted octanol–water partition coefficient (Wildman–Crippen LogP) is 1.64. The van der Waals surface area contributed by atoms with Gasteiger partial charge in [-0.25, -0.2) is 0 Å². The largest absolute Gasteiger partial charge is 0.497 e. The van der Waals surface area contributed by atoms with Gasteiger partial charge in [0.15, 0.2) is 0 Å². The zero-order chi connectivity index (χ0) is 12.7. The van der Waals surface area contributed by atoms with Crippen LogP contribution in [0.5, 0.6) is 5.75 Å². The molecule has 2 heterocycles. The highest BCUT2D eigenvalue weighted by Gasteiger charge is 2.36. The summed E-state index contributed by atoms with van der Waals surface area (Å²) in [4.78, 5) is 16.5. The molecule has 96 valence electrons. The summed E-state index contributed by atoms with van der Waals surface area (Å²) in [6.07, 6.45) is 2.10. The molecule has 0 spiro atoms. The van der Waals surface area contributed by atoms with Crippen LogP contribution in [0.25, 0.3) is 0 Å². The minimum absolute atomic E-state index is 0.0633. The van der Waals surface area contributed by atoms with Crippen LogP contribution >= 0.6 is 0 Å². The summed E-state index contributed by atoms with van der Waals surface area (Å²) in [5, 5.41) is 0. The van der Waals surface area contributed by atoms with Crippen molar-refractivity contribution in [1.29, 1.82) is 0 Å². The van der Waals surface area contributed by atoms with Gasteiger partial charge < -0.3 is 9.64 Å². The second-order valence-corrected chi connectivity index (χ2v) is 5.02. The van der Waals surface area contributed by atoms with E-state index in [1.807, 2.05) is 25.2 Å². The van der Waals surface area contributed by atoms with E-state index in [1.54, 1.807) is 12.0 Å². The van der Waals surface area contributed by atoms with E-state index in [1.165, 1.54) is 5.56 Å². The van der Waals surface area contributed by atoms with E-state index >= 15 is 0 Å². The number of amides is 1. The summed E-state index contributed by atoms with van der Waals surface area (Å²) in [5.41, 5.74) is 2.19. The first kappa shape index (κ1) is 11.5. The molecule has 1 atom stereocenters. The molecule has 2 aliphatic rings. The minimum Gasteiger partial charge on any atom is -0.497 e. The third-order valence-electron chi connectivity index (χ3n) is 4.00. The van der Waals surface area contributed by atoms with Gasteiger partial charge >= 0.3 is 0 Å². The smallest absolute Gasteiger partial charge is 0.244 e. The maximum absolute atomic E-state index is 12.4. The van der Waals surface area contributed by atoms with Crippen LogP contribution in [-0.2, 0) is 11.3 Å². The summed E-state index contributed by atoms with van der Waals surface area (Å²) >= 11 is 0. The number of hydrogen-bond acceptors (Lipinski definition) is 3. The molecule has 1 unspecified atom stereocenters. The summed E-state index contributed by atoms with van der Waals surface area (Å²) in [6.45, 7) is 1.86. The van der Waals surface area contributed by atoms with Gasteiger partial charge in [-0.2, -0.15) is 0 Å². The molecule has 1 aromatic carbocycles. The molecule has 0 aromatic heterocycles. The molecular weight excluding hydrogens is 228 g/mol. The van der Waals surface area contributed by atoms with Gasteiger partial charge in [0.25, 0.3) is 0 Å². The Morgan fingerprint density at radius 1 is 1.39 bits per heavy atom. The van der Waals surface area contributed by atoms with E-state index in [2.05, 4.69) is 4.90 Å². The van der Waals surface area contributed by atoms with E-state index in [9.17, 15) is 4.79 Å². The fraction of sp³-hybridized carbons (Fsp3) is 0.500. The Labute approximate surface area is 107 Å². The van der Waals surface area contributed by atoms with Crippen molar-refractivity contribution in [2.45, 2.75) is 25.4 Å². The molecule has 0 bridgehead atoms. The zero-order valence-electron chi connectivity index (χ0n) is 10.8. The molecule has 0 N–H and O–H groups in total. The topological polar surface area (TPSA) is 32.8 Å². The molecule has 1 saturated heterocycles. The van der Waals surface area contributed by atoms with Crippen molar-refractivity contribution >= 4 is 11.6 Å². The number of fused-ring (bicyclic) bond motifs is 2. The average molecular weight is 246 g/mol. The lowest BCUT2D eigenvalue weighted by Gasteiger charge is -2.22. The van der Waals surface area contributed by atoms with Crippen molar-refractivity contribution in [2.75, 3.05) is 25.6 Å². The highest BCUT2D eigenvalue weighted by atomic mass is 16.5. The number of hydrogen-bond donors (Lipinski definition) is 0. The lowest BCUT2D eigenvalue weighted by atomic mass is 10.1. The molecule has 18 heavy (non-hydrogen) atoms. The Hall–Kier alpha value is -1.55. The van der Waals surface area contributed by atoms with Gasteiger partial charge in [-0.1, -0.05) is 0 Å². The van der Waals surface area contributed by atoms with Crippen molar-refractivity contribution in [3.63, 3.8) is 0 Å². The van der Waals surface area contributed by atoms with Crippen LogP contribution in [0.4, 0.5) is 5.69 Å². The van der Waals surface area contributed by atoms with E-state index in [-0.39, 0.29) is 11.9 Å². The average Bonchev–Trinajstić information content (AvgIpc) is 2.81. The Kier molecular flexibility index (Phi) is 2.74. The lowest BCUT2D eigenvalue weighted by Crippen LogP contribution is -2.41. The fourth-order valence-electron chi connectivity index (χ4n) is 3.00. The summed E-state index contributed by atoms with van der Waals surface area (Å²) in [6, 6.07) is 6.00. The van der Waals surface area contributed by atoms with Crippen molar-refractivity contribution in [3.05, 3.63) is 23.8 Å². The highest BCUT2D eigenvalue weighted by Crippen LogP contribution is 2.33. The van der Waals surface area contributed by atoms with Gasteiger partial charge in [-0.3, -0.25) is 9.69 Å². The molecule has 0 aliphatic carbocycles.